The number of rotatable bonds is 8. The molecule has 6 nitrogen and oxygen atoms in total. The molecular weight excluding hydrogens is 480 g/mol. The fourth-order valence-corrected chi connectivity index (χ4v) is 2.99. The molecule has 6 heteroatoms. The monoisotopic (exact) mass is 508 g/mol. The van der Waals surface area contributed by atoms with Crippen molar-refractivity contribution in [3.63, 3.8) is 0 Å². The van der Waals surface area contributed by atoms with Crippen molar-refractivity contribution < 1.29 is 28.7 Å². The second kappa shape index (κ2) is 15.9. The third kappa shape index (κ3) is 9.59. The van der Waals surface area contributed by atoms with Gasteiger partial charge in [0.1, 0.15) is 0 Å². The van der Waals surface area contributed by atoms with Gasteiger partial charge in [0.05, 0.1) is 6.10 Å². The van der Waals surface area contributed by atoms with E-state index in [4.69, 9.17) is 0 Å². The normalized spacial score (nSPS) is 9.55. The van der Waals surface area contributed by atoms with Crippen LogP contribution in [0.15, 0.2) is 121 Å². The van der Waals surface area contributed by atoms with Crippen molar-refractivity contribution in [2.45, 2.75) is 20.0 Å². The Balaban J connectivity index is 0.000000221. The molecule has 0 unspecified atom stereocenters. The summed E-state index contributed by atoms with van der Waals surface area (Å²) < 4.78 is 4.36. The highest BCUT2D eigenvalue weighted by atomic mass is 16.5. The zero-order valence-corrected chi connectivity index (χ0v) is 21.2. The van der Waals surface area contributed by atoms with Crippen LogP contribution in [0.2, 0.25) is 0 Å². The van der Waals surface area contributed by atoms with Crippen molar-refractivity contribution in [2.75, 3.05) is 0 Å². The molecule has 0 fully saturated rings. The summed E-state index contributed by atoms with van der Waals surface area (Å²) in [4.78, 5) is 56.6. The van der Waals surface area contributed by atoms with Gasteiger partial charge in [-0.3, -0.25) is 24.0 Å². The van der Waals surface area contributed by atoms with Crippen molar-refractivity contribution in [3.8, 4) is 0 Å². The molecule has 0 heterocycles. The molecule has 38 heavy (non-hydrogen) atoms. The molecule has 0 atom stereocenters. The first-order chi connectivity index (χ1) is 18.3. The van der Waals surface area contributed by atoms with Crippen molar-refractivity contribution in [2.24, 2.45) is 0 Å². The first kappa shape index (κ1) is 29.3. The third-order valence-electron chi connectivity index (χ3n) is 4.88. The summed E-state index contributed by atoms with van der Waals surface area (Å²) in [6, 6.07) is 34.3. The highest BCUT2D eigenvalue weighted by molar-refractivity contribution is 6.49. The minimum Gasteiger partial charge on any atom is -0.465 e. The lowest BCUT2D eigenvalue weighted by atomic mass is 10.0. The van der Waals surface area contributed by atoms with E-state index in [1.807, 2.05) is 24.3 Å². The molecule has 0 saturated carbocycles. The van der Waals surface area contributed by atoms with Gasteiger partial charge >= 0.3 is 0 Å². The second-order valence-corrected chi connectivity index (χ2v) is 8.06. The smallest absolute Gasteiger partial charge is 0.293 e. The number of ketones is 4. The van der Waals surface area contributed by atoms with E-state index in [1.54, 1.807) is 111 Å². The molecule has 4 rings (SSSR count). The first-order valence-corrected chi connectivity index (χ1v) is 11.8. The van der Waals surface area contributed by atoms with E-state index in [2.05, 4.69) is 4.74 Å². The Morgan fingerprint density at radius 2 is 0.684 bits per heavy atom. The van der Waals surface area contributed by atoms with E-state index >= 15 is 0 Å². The van der Waals surface area contributed by atoms with Crippen molar-refractivity contribution in [1.82, 2.24) is 0 Å². The minimum absolute atomic E-state index is 0.0301. The molecule has 0 aromatic heterocycles. The largest absolute Gasteiger partial charge is 0.465 e. The molecule has 0 aliphatic rings. The van der Waals surface area contributed by atoms with Crippen LogP contribution >= 0.6 is 0 Å². The molecule has 192 valence electrons. The van der Waals surface area contributed by atoms with Crippen LogP contribution in [0.25, 0.3) is 0 Å². The van der Waals surface area contributed by atoms with E-state index in [9.17, 15) is 24.0 Å². The Morgan fingerprint density at radius 3 is 0.816 bits per heavy atom. The number of benzene rings is 4. The topological polar surface area (TPSA) is 94.6 Å². The van der Waals surface area contributed by atoms with Gasteiger partial charge in [0, 0.05) is 22.3 Å². The minimum atomic E-state index is -0.466. The van der Waals surface area contributed by atoms with Crippen LogP contribution < -0.4 is 0 Å². The predicted molar refractivity (Wildman–Crippen MR) is 145 cm³/mol. The lowest BCUT2D eigenvalue weighted by Gasteiger charge is -1.99. The molecule has 0 bridgehead atoms. The fourth-order valence-electron chi connectivity index (χ4n) is 2.99. The summed E-state index contributed by atoms with van der Waals surface area (Å²) in [6.45, 7) is 4.05. The Morgan fingerprint density at radius 1 is 0.474 bits per heavy atom. The molecule has 4 aromatic carbocycles. The molecule has 4 aromatic rings. The molecule has 0 spiro atoms. The maximum absolute atomic E-state index is 11.8. The number of hydrogen-bond acceptors (Lipinski definition) is 6. The predicted octanol–water partition coefficient (Wildman–Crippen LogP) is 6.07. The van der Waals surface area contributed by atoms with Gasteiger partial charge in [-0.05, 0) is 13.8 Å². The van der Waals surface area contributed by atoms with E-state index in [0.29, 0.717) is 28.7 Å². The number of Topliss-reactive ketones (excluding diaryl/α,β-unsaturated/α-hetero) is 4. The van der Waals surface area contributed by atoms with Gasteiger partial charge in [0.15, 0.2) is 0 Å². The zero-order chi connectivity index (χ0) is 27.8. The maximum atomic E-state index is 11.8. The maximum Gasteiger partial charge on any atom is 0.293 e. The van der Waals surface area contributed by atoms with E-state index in [-0.39, 0.29) is 6.10 Å². The van der Waals surface area contributed by atoms with Gasteiger partial charge < -0.3 is 4.74 Å². The highest BCUT2D eigenvalue weighted by Crippen LogP contribution is 2.08. The Bertz CT molecular complexity index is 1120. The van der Waals surface area contributed by atoms with Gasteiger partial charge in [0.25, 0.3) is 6.47 Å². The molecule has 0 saturated heterocycles. The van der Waals surface area contributed by atoms with Gasteiger partial charge in [-0.25, -0.2) is 0 Å². The van der Waals surface area contributed by atoms with Crippen LogP contribution in [0, 0.1) is 0 Å². The van der Waals surface area contributed by atoms with E-state index < -0.39 is 23.1 Å². The van der Waals surface area contributed by atoms with Crippen LogP contribution in [-0.4, -0.2) is 35.7 Å². The van der Waals surface area contributed by atoms with Crippen LogP contribution in [0.4, 0.5) is 0 Å². The number of ether oxygens (including phenoxy) is 1. The second-order valence-electron chi connectivity index (χ2n) is 8.06. The highest BCUT2D eigenvalue weighted by Gasteiger charge is 2.18. The van der Waals surface area contributed by atoms with Crippen molar-refractivity contribution in [3.05, 3.63) is 144 Å². The summed E-state index contributed by atoms with van der Waals surface area (Å²) in [5.41, 5.74) is 1.71. The number of hydrogen-bond donors (Lipinski definition) is 0. The zero-order valence-electron chi connectivity index (χ0n) is 21.2. The molecule has 0 aliphatic heterocycles. The number of carbonyl (C=O) groups excluding carboxylic acids is 5. The van der Waals surface area contributed by atoms with Crippen LogP contribution in [0.5, 0.6) is 0 Å². The van der Waals surface area contributed by atoms with Crippen LogP contribution in [0.1, 0.15) is 55.3 Å². The Hall–Kier alpha value is -4.97. The summed E-state index contributed by atoms with van der Waals surface area (Å²) in [5.74, 6) is -1.86. The molecule has 0 amide bonds. The molecule has 0 aliphatic carbocycles. The van der Waals surface area contributed by atoms with Crippen molar-refractivity contribution in [1.29, 1.82) is 0 Å². The van der Waals surface area contributed by atoms with E-state index in [1.165, 1.54) is 0 Å². The first-order valence-electron chi connectivity index (χ1n) is 11.8. The third-order valence-corrected chi connectivity index (χ3v) is 4.88. The quantitative estimate of drug-likeness (QED) is 0.163. The summed E-state index contributed by atoms with van der Waals surface area (Å²) >= 11 is 0. The summed E-state index contributed by atoms with van der Waals surface area (Å²) in [5, 5.41) is 0. The fraction of sp³-hybridized carbons (Fsp3) is 0.0938. The summed E-state index contributed by atoms with van der Waals surface area (Å²) in [6.07, 6.45) is 0.0301. The Labute approximate surface area is 221 Å². The van der Waals surface area contributed by atoms with Gasteiger partial charge in [-0.1, -0.05) is 121 Å². The van der Waals surface area contributed by atoms with Crippen molar-refractivity contribution >= 4 is 29.6 Å². The van der Waals surface area contributed by atoms with Crippen LogP contribution in [-0.2, 0) is 9.53 Å². The lowest BCUT2D eigenvalue weighted by molar-refractivity contribution is -0.131. The van der Waals surface area contributed by atoms with Gasteiger partial charge in [-0.2, -0.15) is 0 Å². The number of carbonyl (C=O) groups is 5. The van der Waals surface area contributed by atoms with E-state index in [0.717, 1.165) is 0 Å². The summed E-state index contributed by atoms with van der Waals surface area (Å²) in [7, 11) is 0. The Kier molecular flexibility index (Phi) is 12.3. The molecule has 0 radical (unpaired) electrons. The lowest BCUT2D eigenvalue weighted by Crippen LogP contribution is -2.14. The molecule has 0 N–H and O–H groups in total. The van der Waals surface area contributed by atoms with Gasteiger partial charge in [0.2, 0.25) is 23.1 Å². The standard InChI is InChI=1S/2C14H10O2.C4H8O2/c2*15-13(11-7-3-1-4-8-11)14(16)12-9-5-2-6-10-12;1-4(2)6-3-5/h2*1-10H;3-4H,1-2H3. The van der Waals surface area contributed by atoms with Crippen LogP contribution in [0.3, 0.4) is 0 Å². The molecular formula is C32H28O6. The SMILES string of the molecule is CC(C)OC=O.O=C(C(=O)c1ccccc1)c1ccccc1.O=C(C(=O)c1ccccc1)c1ccccc1. The average molecular weight is 509 g/mol. The van der Waals surface area contributed by atoms with Gasteiger partial charge in [-0.15, -0.1) is 0 Å². The average Bonchev–Trinajstić information content (AvgIpc) is 2.98.